The second-order valence-corrected chi connectivity index (χ2v) is 7.36. The Labute approximate surface area is 178 Å². The van der Waals surface area contributed by atoms with E-state index in [1.165, 1.54) is 33.4 Å². The maximum absolute atomic E-state index is 5.29. The third-order valence-electron chi connectivity index (χ3n) is 5.43. The lowest BCUT2D eigenvalue weighted by atomic mass is 9.90. The summed E-state index contributed by atoms with van der Waals surface area (Å²) in [6.45, 7) is 0. The van der Waals surface area contributed by atoms with Crippen LogP contribution in [0.4, 0.5) is 0 Å². The van der Waals surface area contributed by atoms with Gasteiger partial charge in [0.25, 0.3) is 0 Å². The van der Waals surface area contributed by atoms with Gasteiger partial charge in [-0.15, -0.1) is 0 Å². The number of methoxy groups -OCH3 is 2. The van der Waals surface area contributed by atoms with Crippen LogP contribution < -0.4 is 9.47 Å². The lowest BCUT2D eigenvalue weighted by molar-refractivity contribution is 0.414. The van der Waals surface area contributed by atoms with Gasteiger partial charge in [-0.3, -0.25) is 0 Å². The summed E-state index contributed by atoms with van der Waals surface area (Å²) in [5, 5.41) is 0. The Morgan fingerprint density at radius 1 is 0.467 bits per heavy atom. The van der Waals surface area contributed by atoms with Crippen LogP contribution in [0.25, 0.3) is 11.1 Å². The fraction of sp³-hybridized carbons (Fsp3) is 0.143. The fourth-order valence-corrected chi connectivity index (χ4v) is 3.80. The van der Waals surface area contributed by atoms with Crippen molar-refractivity contribution in [2.75, 3.05) is 14.2 Å². The van der Waals surface area contributed by atoms with Crippen LogP contribution in [0.15, 0.2) is 97.1 Å². The lowest BCUT2D eigenvalue weighted by Crippen LogP contribution is -1.97. The van der Waals surface area contributed by atoms with Crippen LogP contribution in [0.1, 0.15) is 22.3 Å². The van der Waals surface area contributed by atoms with Gasteiger partial charge < -0.3 is 9.47 Å². The summed E-state index contributed by atoms with van der Waals surface area (Å²) in [4.78, 5) is 0. The molecule has 0 radical (unpaired) electrons. The van der Waals surface area contributed by atoms with E-state index in [-0.39, 0.29) is 0 Å². The average Bonchev–Trinajstić information content (AvgIpc) is 2.81. The van der Waals surface area contributed by atoms with Crippen LogP contribution in [0.2, 0.25) is 0 Å². The van der Waals surface area contributed by atoms with Crippen molar-refractivity contribution in [3.8, 4) is 22.6 Å². The zero-order valence-electron chi connectivity index (χ0n) is 17.5. The van der Waals surface area contributed by atoms with Crippen LogP contribution in [0.5, 0.6) is 11.5 Å². The molecule has 0 aliphatic rings. The number of ether oxygens (including phenoxy) is 2. The second kappa shape index (κ2) is 9.32. The van der Waals surface area contributed by atoms with Crippen molar-refractivity contribution in [1.82, 2.24) is 0 Å². The SMILES string of the molecule is COc1ccc(Cc2ccccc2-c2ccccc2Cc2ccc(OC)cc2)cc1. The summed E-state index contributed by atoms with van der Waals surface area (Å²) in [5.74, 6) is 1.77. The first kappa shape index (κ1) is 19.8. The molecule has 0 spiro atoms. The van der Waals surface area contributed by atoms with Crippen molar-refractivity contribution >= 4 is 0 Å². The maximum Gasteiger partial charge on any atom is 0.118 e. The van der Waals surface area contributed by atoms with E-state index in [9.17, 15) is 0 Å². The molecule has 30 heavy (non-hydrogen) atoms. The molecule has 150 valence electrons. The zero-order valence-corrected chi connectivity index (χ0v) is 17.5. The van der Waals surface area contributed by atoms with E-state index >= 15 is 0 Å². The van der Waals surface area contributed by atoms with Gasteiger partial charge in [-0.1, -0.05) is 72.8 Å². The van der Waals surface area contributed by atoms with Gasteiger partial charge >= 0.3 is 0 Å². The molecule has 0 saturated carbocycles. The lowest BCUT2D eigenvalue weighted by Gasteiger charge is -2.15. The van der Waals surface area contributed by atoms with Gasteiger partial charge in [-0.25, -0.2) is 0 Å². The third kappa shape index (κ3) is 4.55. The van der Waals surface area contributed by atoms with Gasteiger partial charge in [-0.05, 0) is 70.5 Å². The topological polar surface area (TPSA) is 18.5 Å². The van der Waals surface area contributed by atoms with Crippen molar-refractivity contribution < 1.29 is 9.47 Å². The molecule has 0 fully saturated rings. The molecule has 0 aliphatic carbocycles. The Balaban J connectivity index is 1.65. The molecule has 0 atom stereocenters. The number of hydrogen-bond acceptors (Lipinski definition) is 2. The summed E-state index contributed by atoms with van der Waals surface area (Å²) < 4.78 is 10.6. The average molecular weight is 395 g/mol. The van der Waals surface area contributed by atoms with Crippen LogP contribution >= 0.6 is 0 Å². The second-order valence-electron chi connectivity index (χ2n) is 7.36. The minimum Gasteiger partial charge on any atom is -0.497 e. The van der Waals surface area contributed by atoms with E-state index in [4.69, 9.17) is 9.47 Å². The smallest absolute Gasteiger partial charge is 0.118 e. The van der Waals surface area contributed by atoms with Crippen LogP contribution in [0, 0.1) is 0 Å². The number of rotatable bonds is 7. The largest absolute Gasteiger partial charge is 0.497 e. The minimum atomic E-state index is 0.886. The predicted molar refractivity (Wildman–Crippen MR) is 123 cm³/mol. The molecule has 0 N–H and O–H groups in total. The first-order chi connectivity index (χ1) is 14.8. The first-order valence-corrected chi connectivity index (χ1v) is 10.2. The molecule has 2 heteroatoms. The Hall–Kier alpha value is -3.52. The summed E-state index contributed by atoms with van der Waals surface area (Å²) in [5.41, 5.74) is 7.77. The zero-order chi connectivity index (χ0) is 20.8. The Kier molecular flexibility index (Phi) is 6.14. The van der Waals surface area contributed by atoms with Gasteiger partial charge in [0, 0.05) is 0 Å². The van der Waals surface area contributed by atoms with Crippen LogP contribution in [-0.4, -0.2) is 14.2 Å². The molecule has 0 aliphatic heterocycles. The quantitative estimate of drug-likeness (QED) is 0.354. The molecule has 2 nitrogen and oxygen atoms in total. The third-order valence-corrected chi connectivity index (χ3v) is 5.43. The molecule has 0 heterocycles. The molecular weight excluding hydrogens is 368 g/mol. The van der Waals surface area contributed by atoms with Crippen molar-refractivity contribution in [3.63, 3.8) is 0 Å². The Morgan fingerprint density at radius 3 is 1.20 bits per heavy atom. The molecule has 4 aromatic rings. The predicted octanol–water partition coefficient (Wildman–Crippen LogP) is 6.55. The van der Waals surface area contributed by atoms with Gasteiger partial charge in [0.05, 0.1) is 14.2 Å². The van der Waals surface area contributed by atoms with Gasteiger partial charge in [0.1, 0.15) is 11.5 Å². The van der Waals surface area contributed by atoms with E-state index in [0.717, 1.165) is 24.3 Å². The van der Waals surface area contributed by atoms with E-state index in [2.05, 4.69) is 72.8 Å². The number of hydrogen-bond donors (Lipinski definition) is 0. The van der Waals surface area contributed by atoms with Crippen molar-refractivity contribution in [1.29, 1.82) is 0 Å². The Bertz CT molecular complexity index is 1010. The van der Waals surface area contributed by atoms with Crippen molar-refractivity contribution in [2.24, 2.45) is 0 Å². The molecule has 0 aromatic heterocycles. The van der Waals surface area contributed by atoms with Crippen molar-refractivity contribution in [3.05, 3.63) is 119 Å². The van der Waals surface area contributed by atoms with E-state index in [0.29, 0.717) is 0 Å². The van der Waals surface area contributed by atoms with E-state index in [1.54, 1.807) is 14.2 Å². The standard InChI is InChI=1S/C28H26O2/c1-29-25-15-11-21(12-16-25)19-23-7-3-5-9-27(23)28-10-6-4-8-24(28)20-22-13-17-26(30-2)18-14-22/h3-18H,19-20H2,1-2H3. The molecule has 4 rings (SSSR count). The van der Waals surface area contributed by atoms with Crippen LogP contribution in [-0.2, 0) is 12.8 Å². The molecular formula is C28H26O2. The number of benzene rings is 4. The summed E-state index contributed by atoms with van der Waals surface area (Å²) in [6.07, 6.45) is 1.77. The van der Waals surface area contributed by atoms with Gasteiger partial charge in [0.2, 0.25) is 0 Å². The molecule has 0 bridgehead atoms. The highest BCUT2D eigenvalue weighted by molar-refractivity contribution is 5.71. The molecule has 0 unspecified atom stereocenters. The van der Waals surface area contributed by atoms with E-state index < -0.39 is 0 Å². The first-order valence-electron chi connectivity index (χ1n) is 10.2. The van der Waals surface area contributed by atoms with Crippen molar-refractivity contribution in [2.45, 2.75) is 12.8 Å². The molecule has 4 aromatic carbocycles. The normalized spacial score (nSPS) is 10.6. The Morgan fingerprint density at radius 2 is 0.833 bits per heavy atom. The van der Waals surface area contributed by atoms with Gasteiger partial charge in [0.15, 0.2) is 0 Å². The molecule has 0 saturated heterocycles. The summed E-state index contributed by atoms with van der Waals surface area (Å²) in [6, 6.07) is 34.0. The van der Waals surface area contributed by atoms with E-state index in [1.807, 2.05) is 24.3 Å². The monoisotopic (exact) mass is 394 g/mol. The molecule has 0 amide bonds. The highest BCUT2D eigenvalue weighted by atomic mass is 16.5. The maximum atomic E-state index is 5.29. The summed E-state index contributed by atoms with van der Waals surface area (Å²) >= 11 is 0. The minimum absolute atomic E-state index is 0.886. The van der Waals surface area contributed by atoms with Crippen LogP contribution in [0.3, 0.4) is 0 Å². The highest BCUT2D eigenvalue weighted by Crippen LogP contribution is 2.30. The van der Waals surface area contributed by atoms with Gasteiger partial charge in [-0.2, -0.15) is 0 Å². The summed E-state index contributed by atoms with van der Waals surface area (Å²) in [7, 11) is 3.40. The fourth-order valence-electron chi connectivity index (χ4n) is 3.80. The highest BCUT2D eigenvalue weighted by Gasteiger charge is 2.10.